The Kier molecular flexibility index (Phi) is 1.28. The largest absolute Gasteiger partial charge is 0.273 e. The van der Waals surface area contributed by atoms with Gasteiger partial charge in [0.2, 0.25) is 5.91 Å². The topological polar surface area (TPSA) is 32.7 Å². The van der Waals surface area contributed by atoms with Crippen LogP contribution in [-0.2, 0) is 4.79 Å². The molecular weight excluding hydrogens is 104 g/mol. The van der Waals surface area contributed by atoms with Crippen molar-refractivity contribution in [3.05, 3.63) is 0 Å². The van der Waals surface area contributed by atoms with Crippen molar-refractivity contribution in [2.45, 2.75) is 13.3 Å². The number of rotatable bonds is 0. The number of amides is 1. The highest BCUT2D eigenvalue weighted by Gasteiger charge is 2.08. The van der Waals surface area contributed by atoms with Crippen molar-refractivity contribution >= 4 is 12.1 Å². The van der Waals surface area contributed by atoms with E-state index in [9.17, 15) is 4.79 Å². The molecule has 1 rings (SSSR count). The van der Waals surface area contributed by atoms with E-state index in [0.717, 1.165) is 13.0 Å². The van der Waals surface area contributed by atoms with Crippen molar-refractivity contribution in [3.63, 3.8) is 0 Å². The molecule has 3 heteroatoms. The lowest BCUT2D eigenvalue weighted by Gasteiger charge is -2.05. The zero-order valence-corrected chi connectivity index (χ0v) is 4.79. The van der Waals surface area contributed by atoms with Crippen LogP contribution in [0.15, 0.2) is 5.10 Å². The summed E-state index contributed by atoms with van der Waals surface area (Å²) in [5.74, 6) is 0.0266. The summed E-state index contributed by atoms with van der Waals surface area (Å²) in [4.78, 5) is 10.5. The molecule has 0 aromatic rings. The highest BCUT2D eigenvalue weighted by Crippen LogP contribution is 1.97. The fraction of sp³-hybridized carbons (Fsp3) is 0.600. The van der Waals surface area contributed by atoms with Gasteiger partial charge in [-0.2, -0.15) is 5.10 Å². The second-order valence-electron chi connectivity index (χ2n) is 1.73. The van der Waals surface area contributed by atoms with E-state index in [4.69, 9.17) is 0 Å². The van der Waals surface area contributed by atoms with Gasteiger partial charge >= 0.3 is 0 Å². The van der Waals surface area contributed by atoms with Crippen LogP contribution in [0.4, 0.5) is 0 Å². The number of hydrogen-bond acceptors (Lipinski definition) is 2. The highest BCUT2D eigenvalue weighted by molar-refractivity contribution is 5.76. The molecule has 44 valence electrons. The third-order valence-corrected chi connectivity index (χ3v) is 1.05. The molecule has 1 aliphatic heterocycles. The highest BCUT2D eigenvalue weighted by atomic mass is 16.2. The van der Waals surface area contributed by atoms with Gasteiger partial charge in [-0.1, -0.05) is 0 Å². The van der Waals surface area contributed by atoms with Gasteiger partial charge in [0.15, 0.2) is 0 Å². The Morgan fingerprint density at radius 2 is 2.62 bits per heavy atom. The first-order chi connectivity index (χ1) is 3.80. The fourth-order valence-corrected chi connectivity index (χ4v) is 0.633. The molecule has 0 spiro atoms. The second-order valence-corrected chi connectivity index (χ2v) is 1.73. The van der Waals surface area contributed by atoms with Gasteiger partial charge in [-0.25, -0.2) is 5.01 Å². The number of carbonyl (C=O) groups is 1. The smallest absolute Gasteiger partial charge is 0.239 e. The summed E-state index contributed by atoms with van der Waals surface area (Å²) in [6, 6.07) is 0. The molecule has 0 bridgehead atoms. The molecule has 8 heavy (non-hydrogen) atoms. The van der Waals surface area contributed by atoms with Crippen molar-refractivity contribution in [2.75, 3.05) is 6.54 Å². The van der Waals surface area contributed by atoms with Crippen molar-refractivity contribution in [3.8, 4) is 0 Å². The van der Waals surface area contributed by atoms with Crippen molar-refractivity contribution in [1.82, 2.24) is 5.01 Å². The van der Waals surface area contributed by atoms with E-state index in [1.54, 1.807) is 6.21 Å². The molecule has 0 unspecified atom stereocenters. The van der Waals surface area contributed by atoms with Gasteiger partial charge in [-0.15, -0.1) is 0 Å². The third-order valence-electron chi connectivity index (χ3n) is 1.05. The summed E-state index contributed by atoms with van der Waals surface area (Å²) in [5.41, 5.74) is 0. The predicted octanol–water partition coefficient (Wildman–Crippen LogP) is 0.224. The molecule has 0 aromatic carbocycles. The van der Waals surface area contributed by atoms with E-state index in [2.05, 4.69) is 5.10 Å². The maximum Gasteiger partial charge on any atom is 0.239 e. The summed E-state index contributed by atoms with van der Waals surface area (Å²) in [7, 11) is 0. The van der Waals surface area contributed by atoms with E-state index in [0.29, 0.717) is 0 Å². The predicted molar refractivity (Wildman–Crippen MR) is 30.5 cm³/mol. The molecule has 1 heterocycles. The van der Waals surface area contributed by atoms with Crippen LogP contribution in [0, 0.1) is 0 Å². The van der Waals surface area contributed by atoms with Crippen LogP contribution >= 0.6 is 0 Å². The van der Waals surface area contributed by atoms with Crippen molar-refractivity contribution in [1.29, 1.82) is 0 Å². The number of hydrazone groups is 1. The molecule has 0 atom stereocenters. The minimum atomic E-state index is 0.0266. The van der Waals surface area contributed by atoms with E-state index in [-0.39, 0.29) is 5.91 Å². The van der Waals surface area contributed by atoms with Crippen LogP contribution in [-0.4, -0.2) is 23.7 Å². The normalized spacial score (nSPS) is 17.4. The average Bonchev–Trinajstić information content (AvgIpc) is 2.12. The average molecular weight is 112 g/mol. The Morgan fingerprint density at radius 1 is 1.88 bits per heavy atom. The number of hydrogen-bond donors (Lipinski definition) is 0. The van der Waals surface area contributed by atoms with Crippen molar-refractivity contribution in [2.24, 2.45) is 5.10 Å². The Morgan fingerprint density at radius 3 is 2.88 bits per heavy atom. The summed E-state index contributed by atoms with van der Waals surface area (Å²) in [6.45, 7) is 2.28. The Labute approximate surface area is 48.0 Å². The lowest BCUT2D eigenvalue weighted by atomic mass is 10.5. The van der Waals surface area contributed by atoms with Gasteiger partial charge in [0.1, 0.15) is 0 Å². The maximum atomic E-state index is 10.5. The van der Waals surface area contributed by atoms with Crippen LogP contribution in [0.25, 0.3) is 0 Å². The van der Waals surface area contributed by atoms with Gasteiger partial charge < -0.3 is 0 Å². The second kappa shape index (κ2) is 1.94. The third kappa shape index (κ3) is 0.857. The first-order valence-electron chi connectivity index (χ1n) is 2.61. The van der Waals surface area contributed by atoms with Crippen molar-refractivity contribution < 1.29 is 4.79 Å². The number of carbonyl (C=O) groups excluding carboxylic acids is 1. The molecule has 0 saturated carbocycles. The molecular formula is C5H8N2O. The van der Waals surface area contributed by atoms with Gasteiger partial charge in [0.05, 0.1) is 0 Å². The lowest BCUT2D eigenvalue weighted by Crippen LogP contribution is -2.19. The minimum Gasteiger partial charge on any atom is -0.273 e. The summed E-state index contributed by atoms with van der Waals surface area (Å²) in [5, 5.41) is 5.25. The van der Waals surface area contributed by atoms with Gasteiger partial charge in [0, 0.05) is 26.1 Å². The Hall–Kier alpha value is -0.860. The van der Waals surface area contributed by atoms with E-state index in [1.807, 2.05) is 0 Å². The SMILES string of the molecule is CC(=O)N1CCC=N1. The van der Waals surface area contributed by atoms with E-state index >= 15 is 0 Å². The van der Waals surface area contributed by atoms with Crippen LogP contribution in [0.2, 0.25) is 0 Å². The molecule has 0 saturated heterocycles. The Bertz CT molecular complexity index is 130. The van der Waals surface area contributed by atoms with Crippen LogP contribution in [0.3, 0.4) is 0 Å². The fourth-order valence-electron chi connectivity index (χ4n) is 0.633. The molecule has 0 aliphatic carbocycles. The summed E-state index contributed by atoms with van der Waals surface area (Å²) >= 11 is 0. The van der Waals surface area contributed by atoms with Gasteiger partial charge in [-0.05, 0) is 0 Å². The molecule has 1 amide bonds. The van der Waals surface area contributed by atoms with E-state index in [1.165, 1.54) is 11.9 Å². The standard InChI is InChI=1S/C5H8N2O/c1-5(8)7-4-2-3-6-7/h3H,2,4H2,1H3. The van der Waals surface area contributed by atoms with E-state index < -0.39 is 0 Å². The zero-order chi connectivity index (χ0) is 5.98. The molecule has 0 N–H and O–H groups in total. The quantitative estimate of drug-likeness (QED) is 0.441. The number of nitrogens with zero attached hydrogens (tertiary/aromatic N) is 2. The minimum absolute atomic E-state index is 0.0266. The molecule has 0 radical (unpaired) electrons. The first-order valence-corrected chi connectivity index (χ1v) is 2.61. The van der Waals surface area contributed by atoms with Crippen LogP contribution in [0.1, 0.15) is 13.3 Å². The molecule has 0 fully saturated rings. The van der Waals surface area contributed by atoms with Crippen LogP contribution in [0.5, 0.6) is 0 Å². The summed E-state index contributed by atoms with van der Waals surface area (Å²) in [6.07, 6.45) is 2.65. The Balaban J connectivity index is 2.48. The molecule has 1 aliphatic rings. The lowest BCUT2D eigenvalue weighted by molar-refractivity contribution is -0.128. The first kappa shape index (κ1) is 5.28. The van der Waals surface area contributed by atoms with Gasteiger partial charge in [0.25, 0.3) is 0 Å². The maximum absolute atomic E-state index is 10.5. The van der Waals surface area contributed by atoms with Crippen LogP contribution < -0.4 is 0 Å². The summed E-state index contributed by atoms with van der Waals surface area (Å²) < 4.78 is 0. The monoisotopic (exact) mass is 112 g/mol. The zero-order valence-electron chi connectivity index (χ0n) is 4.79. The van der Waals surface area contributed by atoms with Gasteiger partial charge in [-0.3, -0.25) is 4.79 Å². The molecule has 3 nitrogen and oxygen atoms in total. The molecule has 0 aromatic heterocycles.